The molecule has 3 aromatic rings. The molecule has 0 saturated carbocycles. The number of hydrogen-bond acceptors (Lipinski definition) is 4. The Bertz CT molecular complexity index is 1050. The highest BCUT2D eigenvalue weighted by molar-refractivity contribution is 7.10. The number of nitrogens with zero attached hydrogens (tertiary/aromatic N) is 1. The van der Waals surface area contributed by atoms with E-state index < -0.39 is 5.91 Å². The van der Waals surface area contributed by atoms with Crippen LogP contribution in [0.15, 0.2) is 46.7 Å². The molecule has 4 rings (SSSR count). The fraction of sp³-hybridized carbons (Fsp3) is 0.211. The van der Waals surface area contributed by atoms with E-state index in [4.69, 9.17) is 0 Å². The fourth-order valence-electron chi connectivity index (χ4n) is 3.16. The number of hydrogen-bond donors (Lipinski definition) is 2. The molecule has 0 saturated heterocycles. The topological polar surface area (TPSA) is 82.3 Å². The van der Waals surface area contributed by atoms with Crippen LogP contribution in [0.3, 0.4) is 0 Å². The molecule has 0 fully saturated rings. The van der Waals surface area contributed by atoms with Crippen molar-refractivity contribution in [2.24, 2.45) is 0 Å². The lowest BCUT2D eigenvalue weighted by atomic mass is 10.1. The number of fused-ring (bicyclic) bond motifs is 2. The Labute approximate surface area is 153 Å². The third kappa shape index (κ3) is 3.01. The molecule has 0 atom stereocenters. The molecule has 3 heterocycles. The molecule has 1 aliphatic rings. The summed E-state index contributed by atoms with van der Waals surface area (Å²) < 4.78 is 0. The third-order valence-electron chi connectivity index (χ3n) is 4.59. The van der Waals surface area contributed by atoms with Crippen LogP contribution in [0.2, 0.25) is 0 Å². The maximum atomic E-state index is 12.4. The molecule has 0 unspecified atom stereocenters. The molecular formula is C19H17N3O3S. The van der Waals surface area contributed by atoms with Crippen molar-refractivity contribution in [2.45, 2.75) is 13.0 Å². The van der Waals surface area contributed by atoms with Gasteiger partial charge in [0, 0.05) is 35.1 Å². The highest BCUT2D eigenvalue weighted by Crippen LogP contribution is 2.23. The minimum absolute atomic E-state index is 0.00950. The van der Waals surface area contributed by atoms with Crippen molar-refractivity contribution in [2.75, 3.05) is 13.1 Å². The molecule has 132 valence electrons. The molecule has 2 aromatic heterocycles. The van der Waals surface area contributed by atoms with Gasteiger partial charge in [0.1, 0.15) is 5.56 Å². The van der Waals surface area contributed by atoms with Gasteiger partial charge in [-0.2, -0.15) is 0 Å². The van der Waals surface area contributed by atoms with Crippen LogP contribution in [0.25, 0.3) is 10.9 Å². The van der Waals surface area contributed by atoms with Gasteiger partial charge in [0.2, 0.25) is 11.3 Å². The second-order valence-electron chi connectivity index (χ2n) is 6.19. The SMILES string of the molecule is O=C(NCC(=O)N1CCc2sccc2C1)c1c[nH]c2ccccc2c1=O. The number of aromatic nitrogens is 1. The number of carbonyl (C=O) groups excluding carboxylic acids is 2. The van der Waals surface area contributed by atoms with E-state index in [2.05, 4.69) is 10.3 Å². The number of benzene rings is 1. The summed E-state index contributed by atoms with van der Waals surface area (Å²) in [6.07, 6.45) is 2.24. The Morgan fingerprint density at radius 2 is 2.08 bits per heavy atom. The summed E-state index contributed by atoms with van der Waals surface area (Å²) in [4.78, 5) is 43.2. The van der Waals surface area contributed by atoms with Gasteiger partial charge < -0.3 is 15.2 Å². The van der Waals surface area contributed by atoms with Crippen molar-refractivity contribution in [3.63, 3.8) is 0 Å². The summed E-state index contributed by atoms with van der Waals surface area (Å²) in [5.74, 6) is -0.689. The quantitative estimate of drug-likeness (QED) is 0.742. The summed E-state index contributed by atoms with van der Waals surface area (Å²) in [7, 11) is 0. The number of aromatic amines is 1. The Kier molecular flexibility index (Phi) is 4.30. The van der Waals surface area contributed by atoms with Crippen LogP contribution in [0.5, 0.6) is 0 Å². The van der Waals surface area contributed by atoms with Crippen LogP contribution in [-0.4, -0.2) is 34.8 Å². The van der Waals surface area contributed by atoms with Crippen molar-refractivity contribution >= 4 is 34.1 Å². The van der Waals surface area contributed by atoms with Gasteiger partial charge in [0.15, 0.2) is 0 Å². The minimum atomic E-state index is -0.543. The number of pyridine rings is 1. The van der Waals surface area contributed by atoms with E-state index in [-0.39, 0.29) is 23.4 Å². The lowest BCUT2D eigenvalue weighted by molar-refractivity contribution is -0.131. The molecule has 7 heteroatoms. The van der Waals surface area contributed by atoms with Crippen LogP contribution in [-0.2, 0) is 17.8 Å². The summed E-state index contributed by atoms with van der Waals surface area (Å²) in [5, 5.41) is 5.06. The van der Waals surface area contributed by atoms with E-state index in [0.29, 0.717) is 24.0 Å². The van der Waals surface area contributed by atoms with Crippen LogP contribution < -0.4 is 10.7 Å². The standard InChI is InChI=1S/C19H17N3O3S/c23-17(22-7-5-16-12(11-22)6-8-26-16)10-21-19(25)14-9-20-15-4-2-1-3-13(15)18(14)24/h1-4,6,8-9H,5,7,10-11H2,(H,20,24)(H,21,25). The zero-order chi connectivity index (χ0) is 18.1. The van der Waals surface area contributed by atoms with E-state index in [0.717, 1.165) is 6.42 Å². The number of amides is 2. The van der Waals surface area contributed by atoms with Crippen LogP contribution in [0.1, 0.15) is 20.8 Å². The molecule has 2 N–H and O–H groups in total. The summed E-state index contributed by atoms with van der Waals surface area (Å²) in [6.45, 7) is 1.10. The molecule has 26 heavy (non-hydrogen) atoms. The second-order valence-corrected chi connectivity index (χ2v) is 7.19. The minimum Gasteiger partial charge on any atom is -0.360 e. The van der Waals surface area contributed by atoms with Crippen molar-refractivity contribution in [3.05, 3.63) is 68.1 Å². The number of thiophene rings is 1. The average Bonchev–Trinajstić information content (AvgIpc) is 3.14. The molecule has 1 aromatic carbocycles. The first-order chi connectivity index (χ1) is 12.6. The summed E-state index contributed by atoms with van der Waals surface area (Å²) in [6, 6.07) is 9.04. The first-order valence-corrected chi connectivity index (χ1v) is 9.23. The normalized spacial score (nSPS) is 13.5. The summed E-state index contributed by atoms with van der Waals surface area (Å²) >= 11 is 1.71. The van der Waals surface area contributed by atoms with Gasteiger partial charge in [-0.25, -0.2) is 0 Å². The molecule has 0 aliphatic carbocycles. The van der Waals surface area contributed by atoms with Gasteiger partial charge in [0.05, 0.1) is 6.54 Å². The van der Waals surface area contributed by atoms with Crippen molar-refractivity contribution in [1.82, 2.24) is 15.2 Å². The number of carbonyl (C=O) groups is 2. The zero-order valence-corrected chi connectivity index (χ0v) is 14.8. The lowest BCUT2D eigenvalue weighted by Gasteiger charge is -2.27. The smallest absolute Gasteiger partial charge is 0.257 e. The van der Waals surface area contributed by atoms with Gasteiger partial charge in [-0.3, -0.25) is 14.4 Å². The van der Waals surface area contributed by atoms with Crippen molar-refractivity contribution in [3.8, 4) is 0 Å². The molecular weight excluding hydrogens is 350 g/mol. The van der Waals surface area contributed by atoms with Crippen LogP contribution in [0.4, 0.5) is 0 Å². The molecule has 0 bridgehead atoms. The number of H-pyrrole nitrogens is 1. The van der Waals surface area contributed by atoms with Gasteiger partial charge in [-0.15, -0.1) is 11.3 Å². The zero-order valence-electron chi connectivity index (χ0n) is 14.0. The van der Waals surface area contributed by atoms with E-state index >= 15 is 0 Å². The Morgan fingerprint density at radius 3 is 2.96 bits per heavy atom. The first kappa shape index (κ1) is 16.5. The monoisotopic (exact) mass is 367 g/mol. The van der Waals surface area contributed by atoms with Crippen LogP contribution >= 0.6 is 11.3 Å². The molecule has 2 amide bonds. The molecule has 1 aliphatic heterocycles. The predicted molar refractivity (Wildman–Crippen MR) is 100 cm³/mol. The summed E-state index contributed by atoms with van der Waals surface area (Å²) in [5.41, 5.74) is 1.51. The predicted octanol–water partition coefficient (Wildman–Crippen LogP) is 1.90. The van der Waals surface area contributed by atoms with Gasteiger partial charge in [-0.05, 0) is 35.6 Å². The van der Waals surface area contributed by atoms with Crippen molar-refractivity contribution in [1.29, 1.82) is 0 Å². The highest BCUT2D eigenvalue weighted by atomic mass is 32.1. The maximum absolute atomic E-state index is 12.4. The number of para-hydroxylation sites is 1. The Hall–Kier alpha value is -2.93. The number of rotatable bonds is 3. The largest absolute Gasteiger partial charge is 0.360 e. The first-order valence-electron chi connectivity index (χ1n) is 8.35. The van der Waals surface area contributed by atoms with E-state index in [1.165, 1.54) is 16.6 Å². The van der Waals surface area contributed by atoms with E-state index in [9.17, 15) is 14.4 Å². The van der Waals surface area contributed by atoms with Crippen molar-refractivity contribution < 1.29 is 9.59 Å². The fourth-order valence-corrected chi connectivity index (χ4v) is 4.05. The van der Waals surface area contributed by atoms with Gasteiger partial charge in [-0.1, -0.05) is 12.1 Å². The maximum Gasteiger partial charge on any atom is 0.257 e. The molecule has 0 spiro atoms. The number of nitrogens with one attached hydrogen (secondary N) is 2. The van der Waals surface area contributed by atoms with Crippen LogP contribution in [0, 0.1) is 0 Å². The van der Waals surface area contributed by atoms with Gasteiger partial charge >= 0.3 is 0 Å². The molecule has 6 nitrogen and oxygen atoms in total. The lowest BCUT2D eigenvalue weighted by Crippen LogP contribution is -2.43. The van der Waals surface area contributed by atoms with Gasteiger partial charge in [0.25, 0.3) is 5.91 Å². The Balaban J connectivity index is 1.44. The van der Waals surface area contributed by atoms with E-state index in [1.54, 1.807) is 34.4 Å². The average molecular weight is 367 g/mol. The second kappa shape index (κ2) is 6.76. The molecule has 0 radical (unpaired) electrons. The van der Waals surface area contributed by atoms with E-state index in [1.807, 2.05) is 17.5 Å². The highest BCUT2D eigenvalue weighted by Gasteiger charge is 2.22. The Morgan fingerprint density at radius 1 is 1.23 bits per heavy atom. The third-order valence-corrected chi connectivity index (χ3v) is 5.62.